The van der Waals surface area contributed by atoms with E-state index in [4.69, 9.17) is 4.74 Å². The number of esters is 1. The molecule has 2 rings (SSSR count). The van der Waals surface area contributed by atoms with E-state index in [-0.39, 0.29) is 17.8 Å². The minimum Gasteiger partial charge on any atom is -0.469 e. The number of carbonyl (C=O) groups is 2. The normalized spacial score (nSPS) is 16.6. The third-order valence-electron chi connectivity index (χ3n) is 3.62. The summed E-state index contributed by atoms with van der Waals surface area (Å²) in [5.41, 5.74) is 1.18. The fraction of sp³-hybridized carbons (Fsp3) is 0.467. The van der Waals surface area contributed by atoms with E-state index < -0.39 is 0 Å². The van der Waals surface area contributed by atoms with E-state index in [9.17, 15) is 9.59 Å². The molecular formula is C15H19NO3S. The van der Waals surface area contributed by atoms with Gasteiger partial charge in [-0.25, -0.2) is 0 Å². The first-order valence-corrected chi connectivity index (χ1v) is 7.58. The number of piperidine rings is 1. The third kappa shape index (κ3) is 3.48. The maximum atomic E-state index is 12.1. The van der Waals surface area contributed by atoms with Crippen LogP contribution in [0.3, 0.4) is 0 Å². The summed E-state index contributed by atoms with van der Waals surface area (Å²) in [5, 5.41) is 2.02. The van der Waals surface area contributed by atoms with Crippen molar-refractivity contribution in [2.45, 2.75) is 19.8 Å². The van der Waals surface area contributed by atoms with Gasteiger partial charge in [0.15, 0.2) is 0 Å². The molecule has 20 heavy (non-hydrogen) atoms. The number of thiophene rings is 1. The van der Waals surface area contributed by atoms with Crippen molar-refractivity contribution >= 4 is 29.3 Å². The van der Waals surface area contributed by atoms with Gasteiger partial charge in [-0.2, -0.15) is 0 Å². The Balaban J connectivity index is 1.88. The summed E-state index contributed by atoms with van der Waals surface area (Å²) in [6, 6.07) is 2.04. The number of hydrogen-bond donors (Lipinski definition) is 0. The van der Waals surface area contributed by atoms with Gasteiger partial charge >= 0.3 is 5.97 Å². The van der Waals surface area contributed by atoms with Gasteiger partial charge in [-0.15, -0.1) is 11.3 Å². The Morgan fingerprint density at radius 2 is 2.10 bits per heavy atom. The Morgan fingerprint density at radius 1 is 1.40 bits per heavy atom. The molecule has 0 unspecified atom stereocenters. The zero-order chi connectivity index (χ0) is 14.5. The highest BCUT2D eigenvalue weighted by Crippen LogP contribution is 2.20. The fourth-order valence-electron chi connectivity index (χ4n) is 2.31. The molecule has 108 valence electrons. The number of ether oxygens (including phenoxy) is 1. The van der Waals surface area contributed by atoms with Crippen LogP contribution < -0.4 is 0 Å². The van der Waals surface area contributed by atoms with E-state index in [2.05, 4.69) is 0 Å². The quantitative estimate of drug-likeness (QED) is 0.635. The second-order valence-electron chi connectivity index (χ2n) is 4.92. The molecule has 1 saturated heterocycles. The van der Waals surface area contributed by atoms with Crippen molar-refractivity contribution in [1.82, 2.24) is 4.90 Å². The van der Waals surface area contributed by atoms with Crippen molar-refractivity contribution in [2.75, 3.05) is 20.2 Å². The first kappa shape index (κ1) is 14.8. The fourth-order valence-corrected chi connectivity index (χ4v) is 3.13. The Kier molecular flexibility index (Phi) is 4.95. The highest BCUT2D eigenvalue weighted by Gasteiger charge is 2.26. The lowest BCUT2D eigenvalue weighted by molar-refractivity contribution is -0.148. The van der Waals surface area contributed by atoms with Crippen LogP contribution >= 0.6 is 11.3 Å². The molecule has 1 aromatic heterocycles. The van der Waals surface area contributed by atoms with Gasteiger partial charge in [-0.3, -0.25) is 9.59 Å². The van der Waals surface area contributed by atoms with Gasteiger partial charge in [0.05, 0.1) is 13.0 Å². The van der Waals surface area contributed by atoms with Gasteiger partial charge in [-0.1, -0.05) is 0 Å². The summed E-state index contributed by atoms with van der Waals surface area (Å²) < 4.78 is 4.74. The van der Waals surface area contributed by atoms with Crippen molar-refractivity contribution in [3.8, 4) is 0 Å². The van der Waals surface area contributed by atoms with Crippen molar-refractivity contribution < 1.29 is 14.3 Å². The zero-order valence-corrected chi connectivity index (χ0v) is 12.6. The maximum absolute atomic E-state index is 12.1. The largest absolute Gasteiger partial charge is 0.469 e. The van der Waals surface area contributed by atoms with Gasteiger partial charge in [0.2, 0.25) is 5.91 Å². The lowest BCUT2D eigenvalue weighted by atomic mass is 9.97. The number of likely N-dealkylation sites (tertiary alicyclic amines) is 1. The summed E-state index contributed by atoms with van der Waals surface area (Å²) in [4.78, 5) is 26.4. The van der Waals surface area contributed by atoms with Crippen molar-refractivity contribution in [3.05, 3.63) is 28.0 Å². The molecule has 1 aromatic rings. The molecule has 0 saturated carbocycles. The Morgan fingerprint density at radius 3 is 2.65 bits per heavy atom. The molecule has 0 aromatic carbocycles. The number of nitrogens with zero attached hydrogens (tertiary/aromatic N) is 1. The van der Waals surface area contributed by atoms with E-state index in [0.717, 1.165) is 4.88 Å². The first-order chi connectivity index (χ1) is 9.61. The van der Waals surface area contributed by atoms with Crippen molar-refractivity contribution in [1.29, 1.82) is 0 Å². The van der Waals surface area contributed by atoms with Crippen LogP contribution in [0.2, 0.25) is 0 Å². The minimum atomic E-state index is -0.165. The second-order valence-corrected chi connectivity index (χ2v) is 5.87. The Bertz CT molecular complexity index is 513. The molecule has 0 atom stereocenters. The molecule has 0 bridgehead atoms. The summed E-state index contributed by atoms with van der Waals surface area (Å²) in [6.07, 6.45) is 4.86. The first-order valence-electron chi connectivity index (χ1n) is 6.70. The minimum absolute atomic E-state index is 0.0149. The van der Waals surface area contributed by atoms with Crippen LogP contribution in [-0.4, -0.2) is 37.0 Å². The Labute approximate surface area is 123 Å². The molecule has 0 radical (unpaired) electrons. The van der Waals surface area contributed by atoms with E-state index in [1.165, 1.54) is 12.7 Å². The Hall–Kier alpha value is -1.62. The maximum Gasteiger partial charge on any atom is 0.308 e. The van der Waals surface area contributed by atoms with Crippen LogP contribution in [0.5, 0.6) is 0 Å². The summed E-state index contributed by atoms with van der Waals surface area (Å²) >= 11 is 1.63. The highest BCUT2D eigenvalue weighted by atomic mass is 32.1. The van der Waals surface area contributed by atoms with Crippen LogP contribution in [0.15, 0.2) is 17.5 Å². The molecule has 4 nitrogen and oxygen atoms in total. The van der Waals surface area contributed by atoms with Gasteiger partial charge in [0, 0.05) is 24.0 Å². The number of aryl methyl sites for hydroxylation is 1. The van der Waals surface area contributed by atoms with Crippen LogP contribution in [0.4, 0.5) is 0 Å². The zero-order valence-electron chi connectivity index (χ0n) is 11.8. The molecule has 1 aliphatic heterocycles. The van der Waals surface area contributed by atoms with Gasteiger partial charge in [0.25, 0.3) is 0 Å². The van der Waals surface area contributed by atoms with Crippen LogP contribution in [-0.2, 0) is 14.3 Å². The van der Waals surface area contributed by atoms with Crippen molar-refractivity contribution in [3.63, 3.8) is 0 Å². The average molecular weight is 293 g/mol. The lowest BCUT2D eigenvalue weighted by Crippen LogP contribution is -2.39. The molecule has 1 amide bonds. The number of hydrogen-bond acceptors (Lipinski definition) is 4. The van der Waals surface area contributed by atoms with E-state index in [0.29, 0.717) is 25.9 Å². The predicted octanol–water partition coefficient (Wildman–Crippen LogP) is 2.48. The third-order valence-corrected chi connectivity index (χ3v) is 4.60. The second kappa shape index (κ2) is 6.70. The molecule has 2 heterocycles. The molecule has 0 N–H and O–H groups in total. The van der Waals surface area contributed by atoms with E-state index >= 15 is 0 Å². The standard InChI is InChI=1S/C15H19NO3S/c1-11-7-10-20-13(11)3-4-14(17)16-8-5-12(6-9-16)15(18)19-2/h3-4,7,10,12H,5-6,8-9H2,1-2H3/b4-3+. The van der Waals surface area contributed by atoms with Crippen molar-refractivity contribution in [2.24, 2.45) is 5.92 Å². The van der Waals surface area contributed by atoms with Crippen LogP contribution in [0, 0.1) is 12.8 Å². The number of amides is 1. The van der Waals surface area contributed by atoms with E-state index in [1.54, 1.807) is 22.3 Å². The molecule has 0 aliphatic carbocycles. The average Bonchev–Trinajstić information content (AvgIpc) is 2.89. The smallest absolute Gasteiger partial charge is 0.308 e. The molecule has 5 heteroatoms. The van der Waals surface area contributed by atoms with Gasteiger partial charge in [-0.05, 0) is 42.9 Å². The van der Waals surface area contributed by atoms with E-state index in [1.807, 2.05) is 24.4 Å². The summed E-state index contributed by atoms with van der Waals surface area (Å²) in [6.45, 7) is 3.27. The number of methoxy groups -OCH3 is 1. The van der Waals surface area contributed by atoms with Gasteiger partial charge in [0.1, 0.15) is 0 Å². The molecule has 1 fully saturated rings. The van der Waals surface area contributed by atoms with Crippen LogP contribution in [0.25, 0.3) is 6.08 Å². The highest BCUT2D eigenvalue weighted by molar-refractivity contribution is 7.11. The predicted molar refractivity (Wildman–Crippen MR) is 79.4 cm³/mol. The monoisotopic (exact) mass is 293 g/mol. The van der Waals surface area contributed by atoms with Gasteiger partial charge < -0.3 is 9.64 Å². The number of carbonyl (C=O) groups excluding carboxylic acids is 2. The molecule has 0 spiro atoms. The van der Waals surface area contributed by atoms with Crippen LogP contribution in [0.1, 0.15) is 23.3 Å². The molecule has 1 aliphatic rings. The number of rotatable bonds is 3. The SMILES string of the molecule is COC(=O)C1CCN(C(=O)/C=C/c2sccc2C)CC1. The summed E-state index contributed by atoms with van der Waals surface area (Å²) in [7, 11) is 1.41. The summed E-state index contributed by atoms with van der Waals surface area (Å²) in [5.74, 6) is -0.212. The lowest BCUT2D eigenvalue weighted by Gasteiger charge is -2.29. The topological polar surface area (TPSA) is 46.6 Å². The molecular weight excluding hydrogens is 274 g/mol.